The van der Waals surface area contributed by atoms with Crippen molar-refractivity contribution in [3.63, 3.8) is 0 Å². The summed E-state index contributed by atoms with van der Waals surface area (Å²) in [7, 11) is 0. The molecule has 0 fully saturated rings. The topological polar surface area (TPSA) is 84.6 Å². The molecule has 4 N–H and O–H groups in total. The molecule has 1 aromatic rings. The number of alkyl carbamates (subject to hydrolysis) is 1. The minimum atomic E-state index is -0.520. The Morgan fingerprint density at radius 2 is 1.86 bits per heavy atom. The van der Waals surface area contributed by atoms with Gasteiger partial charge >= 0.3 is 6.09 Å². The molecule has 5 nitrogen and oxygen atoms in total. The number of carbonyl (C=O) groups excluding carboxylic acids is 1. The van der Waals surface area contributed by atoms with Gasteiger partial charge in [-0.1, -0.05) is 12.1 Å². The first-order chi connectivity index (χ1) is 9.64. The number of hydrogen-bond acceptors (Lipinski definition) is 4. The van der Waals surface area contributed by atoms with E-state index in [1.807, 2.05) is 46.8 Å². The van der Waals surface area contributed by atoms with Crippen molar-refractivity contribution in [3.8, 4) is 5.75 Å². The first kappa shape index (κ1) is 17.3. The van der Waals surface area contributed by atoms with Crippen LogP contribution in [-0.2, 0) is 4.74 Å². The van der Waals surface area contributed by atoms with E-state index >= 15 is 0 Å². The summed E-state index contributed by atoms with van der Waals surface area (Å²) in [6.45, 7) is 9.95. The Kier molecular flexibility index (Phi) is 5.61. The van der Waals surface area contributed by atoms with E-state index in [-0.39, 0.29) is 5.92 Å². The summed E-state index contributed by atoms with van der Waals surface area (Å²) in [5.74, 6) is 0.283. The van der Waals surface area contributed by atoms with Crippen molar-refractivity contribution in [2.45, 2.75) is 46.1 Å². The van der Waals surface area contributed by atoms with Crippen LogP contribution in [0.1, 0.15) is 43.4 Å². The van der Waals surface area contributed by atoms with Crippen LogP contribution in [0.3, 0.4) is 0 Å². The Balaban J connectivity index is 2.74. The maximum absolute atomic E-state index is 11.7. The molecule has 0 aliphatic carbocycles. The fourth-order valence-corrected chi connectivity index (χ4v) is 2.08. The number of carbonyl (C=O) groups is 1. The second kappa shape index (κ2) is 6.80. The van der Waals surface area contributed by atoms with Gasteiger partial charge in [0.25, 0.3) is 0 Å². The van der Waals surface area contributed by atoms with Gasteiger partial charge in [0.2, 0.25) is 0 Å². The van der Waals surface area contributed by atoms with Crippen LogP contribution in [0, 0.1) is 13.8 Å². The van der Waals surface area contributed by atoms with E-state index in [1.54, 1.807) is 0 Å². The Labute approximate surface area is 126 Å². The fraction of sp³-hybridized carbons (Fsp3) is 0.562. The predicted molar refractivity (Wildman–Crippen MR) is 83.6 cm³/mol. The first-order valence-electron chi connectivity index (χ1n) is 7.11. The highest BCUT2D eigenvalue weighted by molar-refractivity contribution is 5.67. The van der Waals surface area contributed by atoms with Gasteiger partial charge in [0.05, 0.1) is 0 Å². The van der Waals surface area contributed by atoms with Gasteiger partial charge in [-0.25, -0.2) is 4.79 Å². The van der Waals surface area contributed by atoms with Gasteiger partial charge in [-0.3, -0.25) is 0 Å². The van der Waals surface area contributed by atoms with Crippen LogP contribution in [0.25, 0.3) is 0 Å². The molecule has 0 aliphatic rings. The Morgan fingerprint density at radius 1 is 1.33 bits per heavy atom. The normalized spacial score (nSPS) is 12.9. The first-order valence-corrected chi connectivity index (χ1v) is 7.11. The van der Waals surface area contributed by atoms with Crippen LogP contribution in [-0.4, -0.2) is 29.9 Å². The van der Waals surface area contributed by atoms with Gasteiger partial charge in [-0.15, -0.1) is 0 Å². The molecule has 0 saturated heterocycles. The van der Waals surface area contributed by atoms with E-state index in [9.17, 15) is 9.90 Å². The summed E-state index contributed by atoms with van der Waals surface area (Å²) >= 11 is 0. The molecule has 0 aromatic heterocycles. The standard InChI is InChI=1S/C16H26N2O3/c1-10-6-12(7-11(2)14(10)19)13(8-17)9-18-15(20)21-16(3,4)5/h6-7,13,19H,8-9,17H2,1-5H3,(H,18,20). The summed E-state index contributed by atoms with van der Waals surface area (Å²) in [6.07, 6.45) is -0.451. The van der Waals surface area contributed by atoms with Crippen molar-refractivity contribution in [1.29, 1.82) is 0 Å². The zero-order valence-electron chi connectivity index (χ0n) is 13.5. The largest absolute Gasteiger partial charge is 0.507 e. The van der Waals surface area contributed by atoms with E-state index < -0.39 is 11.7 Å². The van der Waals surface area contributed by atoms with E-state index in [0.717, 1.165) is 16.7 Å². The summed E-state index contributed by atoms with van der Waals surface area (Å²) in [6, 6.07) is 3.80. The van der Waals surface area contributed by atoms with Gasteiger partial charge in [-0.05, 0) is 51.3 Å². The molecule has 1 rings (SSSR count). The summed E-state index contributed by atoms with van der Waals surface area (Å²) in [5.41, 5.74) is 7.90. The number of nitrogens with one attached hydrogen (secondary N) is 1. The summed E-state index contributed by atoms with van der Waals surface area (Å²) < 4.78 is 5.20. The zero-order chi connectivity index (χ0) is 16.2. The molecule has 0 aliphatic heterocycles. The molecule has 1 unspecified atom stereocenters. The third-order valence-corrected chi connectivity index (χ3v) is 3.16. The molecule has 0 saturated carbocycles. The molecule has 1 aromatic carbocycles. The number of rotatable bonds is 4. The lowest BCUT2D eigenvalue weighted by molar-refractivity contribution is 0.0525. The summed E-state index contributed by atoms with van der Waals surface area (Å²) in [4.78, 5) is 11.7. The van der Waals surface area contributed by atoms with Crippen molar-refractivity contribution in [2.75, 3.05) is 13.1 Å². The Bertz CT molecular complexity index is 484. The monoisotopic (exact) mass is 294 g/mol. The molecule has 1 amide bonds. The lowest BCUT2D eigenvalue weighted by Crippen LogP contribution is -2.36. The molecule has 1 atom stereocenters. The zero-order valence-corrected chi connectivity index (χ0v) is 13.5. The lowest BCUT2D eigenvalue weighted by Gasteiger charge is -2.22. The fourth-order valence-electron chi connectivity index (χ4n) is 2.08. The van der Waals surface area contributed by atoms with Crippen molar-refractivity contribution < 1.29 is 14.6 Å². The van der Waals surface area contributed by atoms with Gasteiger partial charge in [0, 0.05) is 19.0 Å². The highest BCUT2D eigenvalue weighted by Gasteiger charge is 2.18. The van der Waals surface area contributed by atoms with Crippen LogP contribution in [0.2, 0.25) is 0 Å². The number of nitrogens with two attached hydrogens (primary N) is 1. The predicted octanol–water partition coefficient (Wildman–Crippen LogP) is 2.58. The molecule has 0 radical (unpaired) electrons. The van der Waals surface area contributed by atoms with E-state index in [2.05, 4.69) is 5.32 Å². The second-order valence-corrected chi connectivity index (χ2v) is 6.32. The Morgan fingerprint density at radius 3 is 2.29 bits per heavy atom. The number of aromatic hydroxyl groups is 1. The Hall–Kier alpha value is -1.75. The van der Waals surface area contributed by atoms with Gasteiger partial charge in [0.1, 0.15) is 11.4 Å². The third-order valence-electron chi connectivity index (χ3n) is 3.16. The van der Waals surface area contributed by atoms with Crippen molar-refractivity contribution in [3.05, 3.63) is 28.8 Å². The number of phenols is 1. The SMILES string of the molecule is Cc1cc(C(CN)CNC(=O)OC(C)(C)C)cc(C)c1O. The van der Waals surface area contributed by atoms with Crippen LogP contribution in [0.5, 0.6) is 5.75 Å². The second-order valence-electron chi connectivity index (χ2n) is 6.32. The number of phenolic OH excluding ortho intramolecular Hbond substituents is 1. The number of hydrogen-bond donors (Lipinski definition) is 3. The van der Waals surface area contributed by atoms with Gasteiger partial charge in [-0.2, -0.15) is 0 Å². The smallest absolute Gasteiger partial charge is 0.407 e. The molecular formula is C16H26N2O3. The van der Waals surface area contributed by atoms with Crippen molar-refractivity contribution in [2.24, 2.45) is 5.73 Å². The lowest BCUT2D eigenvalue weighted by atomic mass is 9.95. The average molecular weight is 294 g/mol. The van der Waals surface area contributed by atoms with E-state index in [1.165, 1.54) is 0 Å². The minimum Gasteiger partial charge on any atom is -0.507 e. The third kappa shape index (κ3) is 5.27. The molecule has 0 spiro atoms. The highest BCUT2D eigenvalue weighted by atomic mass is 16.6. The average Bonchev–Trinajstić information content (AvgIpc) is 2.34. The van der Waals surface area contributed by atoms with Gasteiger partial charge < -0.3 is 20.9 Å². The quantitative estimate of drug-likeness (QED) is 0.797. The highest BCUT2D eigenvalue weighted by Crippen LogP contribution is 2.26. The maximum atomic E-state index is 11.7. The summed E-state index contributed by atoms with van der Waals surface area (Å²) in [5, 5.41) is 12.5. The molecule has 118 valence electrons. The maximum Gasteiger partial charge on any atom is 0.407 e. The van der Waals surface area contributed by atoms with Crippen LogP contribution >= 0.6 is 0 Å². The molecule has 0 heterocycles. The molecule has 21 heavy (non-hydrogen) atoms. The molecule has 0 bridgehead atoms. The number of aryl methyl sites for hydroxylation is 2. The van der Waals surface area contributed by atoms with Crippen molar-refractivity contribution in [1.82, 2.24) is 5.32 Å². The molecular weight excluding hydrogens is 268 g/mol. The minimum absolute atomic E-state index is 0.0180. The van der Waals surface area contributed by atoms with Crippen LogP contribution in [0.4, 0.5) is 4.79 Å². The number of amides is 1. The number of benzene rings is 1. The van der Waals surface area contributed by atoms with Crippen molar-refractivity contribution >= 4 is 6.09 Å². The van der Waals surface area contributed by atoms with E-state index in [0.29, 0.717) is 18.8 Å². The van der Waals surface area contributed by atoms with Crippen LogP contribution in [0.15, 0.2) is 12.1 Å². The number of ether oxygens (including phenoxy) is 1. The van der Waals surface area contributed by atoms with E-state index in [4.69, 9.17) is 10.5 Å². The van der Waals surface area contributed by atoms with Crippen LogP contribution < -0.4 is 11.1 Å². The van der Waals surface area contributed by atoms with Gasteiger partial charge in [0.15, 0.2) is 0 Å². The molecule has 5 heteroatoms.